The van der Waals surface area contributed by atoms with Crippen LogP contribution in [-0.2, 0) is 10.2 Å². The van der Waals surface area contributed by atoms with Gasteiger partial charge in [-0.3, -0.25) is 0 Å². The number of hydrogen-bond acceptors (Lipinski definition) is 2. The summed E-state index contributed by atoms with van der Waals surface area (Å²) in [6.45, 7) is 5.93. The van der Waals surface area contributed by atoms with Gasteiger partial charge in [0.1, 0.15) is 0 Å². The number of nitrogens with one attached hydrogen (secondary N) is 1. The summed E-state index contributed by atoms with van der Waals surface area (Å²) in [6.07, 6.45) is 2.95. The summed E-state index contributed by atoms with van der Waals surface area (Å²) < 4.78 is 27.6. The summed E-state index contributed by atoms with van der Waals surface area (Å²) in [5.74, 6) is 0.488. The third-order valence-corrected chi connectivity index (χ3v) is 4.07. The number of rotatable bonds is 4. The molecular weight excluding hydrogens is 200 g/mol. The first-order valence-electron chi connectivity index (χ1n) is 5.31. The molecule has 0 aromatic heterocycles. The molecule has 1 heterocycles. The molecule has 1 rings (SSSR count). The molecule has 1 unspecified atom stereocenters. The van der Waals surface area contributed by atoms with E-state index >= 15 is 0 Å². The maximum atomic E-state index is 11.7. The Morgan fingerprint density at radius 2 is 2.21 bits per heavy atom. The normalized spacial score (nSPS) is 25.1. The molecule has 0 aromatic carbocycles. The zero-order valence-electron chi connectivity index (χ0n) is 8.99. The quantitative estimate of drug-likeness (QED) is 0.767. The van der Waals surface area contributed by atoms with E-state index in [0.717, 1.165) is 19.3 Å². The second-order valence-electron chi connectivity index (χ2n) is 4.00. The van der Waals surface area contributed by atoms with E-state index in [-0.39, 0.29) is 0 Å². The lowest BCUT2D eigenvalue weighted by molar-refractivity contribution is 0.278. The van der Waals surface area contributed by atoms with Crippen molar-refractivity contribution in [3.8, 4) is 0 Å². The van der Waals surface area contributed by atoms with E-state index in [2.05, 4.69) is 11.6 Å². The lowest BCUT2D eigenvalue weighted by Crippen LogP contribution is -2.45. The van der Waals surface area contributed by atoms with Crippen molar-refractivity contribution in [3.05, 3.63) is 0 Å². The van der Waals surface area contributed by atoms with Crippen molar-refractivity contribution in [2.75, 3.05) is 19.6 Å². The lowest BCUT2D eigenvalue weighted by Gasteiger charge is -2.29. The molecule has 1 saturated heterocycles. The molecule has 14 heavy (non-hydrogen) atoms. The van der Waals surface area contributed by atoms with E-state index in [9.17, 15) is 8.42 Å². The van der Waals surface area contributed by atoms with Crippen LogP contribution in [0, 0.1) is 5.92 Å². The van der Waals surface area contributed by atoms with E-state index in [1.165, 1.54) is 0 Å². The molecule has 0 bridgehead atoms. The lowest BCUT2D eigenvalue weighted by atomic mass is 10.0. The highest BCUT2D eigenvalue weighted by atomic mass is 32.2. The predicted octanol–water partition coefficient (Wildman–Crippen LogP) is 0.963. The van der Waals surface area contributed by atoms with Crippen LogP contribution in [0.5, 0.6) is 0 Å². The van der Waals surface area contributed by atoms with Crippen molar-refractivity contribution in [2.45, 2.75) is 33.1 Å². The topological polar surface area (TPSA) is 49.4 Å². The van der Waals surface area contributed by atoms with Crippen LogP contribution in [0.1, 0.15) is 33.1 Å². The molecule has 1 fully saturated rings. The van der Waals surface area contributed by atoms with Crippen LogP contribution in [0.2, 0.25) is 0 Å². The van der Waals surface area contributed by atoms with E-state index in [1.807, 2.05) is 6.92 Å². The van der Waals surface area contributed by atoms with Crippen LogP contribution < -0.4 is 4.72 Å². The Kier molecular flexibility index (Phi) is 4.34. The minimum Gasteiger partial charge on any atom is -0.202 e. The van der Waals surface area contributed by atoms with Gasteiger partial charge in [-0.25, -0.2) is 4.72 Å². The van der Waals surface area contributed by atoms with Gasteiger partial charge in [0, 0.05) is 19.6 Å². The molecule has 0 amide bonds. The Balaban J connectivity index is 2.53. The van der Waals surface area contributed by atoms with Crippen LogP contribution in [0.15, 0.2) is 0 Å². The molecule has 0 radical (unpaired) electrons. The first-order chi connectivity index (χ1) is 6.56. The SMILES string of the molecule is CCCNS(=O)(=O)N1CCCC(C)C1. The number of hydrogen-bond donors (Lipinski definition) is 1. The second kappa shape index (κ2) is 5.09. The molecule has 4 nitrogen and oxygen atoms in total. The van der Waals surface area contributed by atoms with Crippen molar-refractivity contribution in [1.29, 1.82) is 0 Å². The molecule has 0 spiro atoms. The van der Waals surface area contributed by atoms with Crippen LogP contribution in [0.3, 0.4) is 0 Å². The zero-order chi connectivity index (χ0) is 10.6. The monoisotopic (exact) mass is 220 g/mol. The second-order valence-corrected chi connectivity index (χ2v) is 5.76. The van der Waals surface area contributed by atoms with Gasteiger partial charge in [0.15, 0.2) is 0 Å². The molecule has 1 aliphatic heterocycles. The summed E-state index contributed by atoms with van der Waals surface area (Å²) in [5, 5.41) is 0. The predicted molar refractivity (Wildman–Crippen MR) is 57.2 cm³/mol. The highest BCUT2D eigenvalue weighted by Gasteiger charge is 2.25. The fourth-order valence-corrected chi connectivity index (χ4v) is 3.15. The van der Waals surface area contributed by atoms with E-state index in [1.54, 1.807) is 4.31 Å². The average Bonchev–Trinajstić information content (AvgIpc) is 2.15. The molecular formula is C9H20N2O2S. The van der Waals surface area contributed by atoms with Crippen molar-refractivity contribution >= 4 is 10.2 Å². The Bertz CT molecular complexity index is 264. The highest BCUT2D eigenvalue weighted by Crippen LogP contribution is 2.17. The van der Waals surface area contributed by atoms with Crippen molar-refractivity contribution in [3.63, 3.8) is 0 Å². The zero-order valence-corrected chi connectivity index (χ0v) is 9.81. The van der Waals surface area contributed by atoms with Gasteiger partial charge >= 0.3 is 0 Å². The average molecular weight is 220 g/mol. The molecule has 5 heteroatoms. The number of nitrogens with zero attached hydrogens (tertiary/aromatic N) is 1. The van der Waals surface area contributed by atoms with Crippen molar-refractivity contribution in [1.82, 2.24) is 9.03 Å². The van der Waals surface area contributed by atoms with Gasteiger partial charge in [-0.15, -0.1) is 0 Å². The van der Waals surface area contributed by atoms with Gasteiger partial charge in [-0.1, -0.05) is 13.8 Å². The third-order valence-electron chi connectivity index (χ3n) is 2.49. The van der Waals surface area contributed by atoms with Gasteiger partial charge < -0.3 is 0 Å². The molecule has 1 atom stereocenters. The van der Waals surface area contributed by atoms with Gasteiger partial charge in [0.05, 0.1) is 0 Å². The van der Waals surface area contributed by atoms with Crippen LogP contribution in [0.25, 0.3) is 0 Å². The molecule has 84 valence electrons. The van der Waals surface area contributed by atoms with Crippen LogP contribution in [-0.4, -0.2) is 32.4 Å². The summed E-state index contributed by atoms with van der Waals surface area (Å²) in [5.41, 5.74) is 0. The minimum absolute atomic E-state index is 0.488. The molecule has 0 aliphatic carbocycles. The summed E-state index contributed by atoms with van der Waals surface area (Å²) >= 11 is 0. The van der Waals surface area contributed by atoms with Crippen molar-refractivity contribution < 1.29 is 8.42 Å². The van der Waals surface area contributed by atoms with E-state index in [0.29, 0.717) is 25.6 Å². The minimum atomic E-state index is -3.20. The standard InChI is InChI=1S/C9H20N2O2S/c1-3-6-10-14(12,13)11-7-4-5-9(2)8-11/h9-10H,3-8H2,1-2H3. The number of piperidine rings is 1. The van der Waals surface area contributed by atoms with Gasteiger partial charge in [0.2, 0.25) is 0 Å². The molecule has 0 aromatic rings. The maximum Gasteiger partial charge on any atom is 0.279 e. The van der Waals surface area contributed by atoms with Gasteiger partial charge in [-0.05, 0) is 25.2 Å². The summed E-state index contributed by atoms with van der Waals surface area (Å²) in [4.78, 5) is 0. The Morgan fingerprint density at radius 3 is 2.79 bits per heavy atom. The Hall–Kier alpha value is -0.130. The first-order valence-corrected chi connectivity index (χ1v) is 6.75. The molecule has 1 aliphatic rings. The third kappa shape index (κ3) is 3.22. The fraction of sp³-hybridized carbons (Fsp3) is 1.00. The largest absolute Gasteiger partial charge is 0.279 e. The fourth-order valence-electron chi connectivity index (χ4n) is 1.69. The maximum absolute atomic E-state index is 11.7. The Morgan fingerprint density at radius 1 is 1.50 bits per heavy atom. The highest BCUT2D eigenvalue weighted by molar-refractivity contribution is 7.87. The molecule has 1 N–H and O–H groups in total. The van der Waals surface area contributed by atoms with Gasteiger partial charge in [-0.2, -0.15) is 12.7 Å². The van der Waals surface area contributed by atoms with E-state index in [4.69, 9.17) is 0 Å². The molecule has 0 saturated carbocycles. The van der Waals surface area contributed by atoms with E-state index < -0.39 is 10.2 Å². The smallest absolute Gasteiger partial charge is 0.202 e. The summed E-state index contributed by atoms with van der Waals surface area (Å²) in [7, 11) is -3.20. The van der Waals surface area contributed by atoms with Gasteiger partial charge in [0.25, 0.3) is 10.2 Å². The first kappa shape index (κ1) is 11.9. The van der Waals surface area contributed by atoms with Crippen LogP contribution in [0.4, 0.5) is 0 Å². The summed E-state index contributed by atoms with van der Waals surface area (Å²) in [6, 6.07) is 0. The Labute approximate surface area is 86.9 Å². The van der Waals surface area contributed by atoms with Crippen LogP contribution >= 0.6 is 0 Å². The van der Waals surface area contributed by atoms with Crippen molar-refractivity contribution in [2.24, 2.45) is 5.92 Å².